The number of carbonyl (C=O) groups is 1. The Bertz CT molecular complexity index is 1590. The molecule has 0 aliphatic carbocycles. The number of hydrogen-bond acceptors (Lipinski definition) is 3. The number of rotatable bonds is 5. The van der Waals surface area contributed by atoms with Crippen molar-refractivity contribution in [1.82, 2.24) is 15.2 Å². The van der Waals surface area contributed by atoms with Gasteiger partial charge in [-0.15, -0.1) is 0 Å². The number of nitrogens with two attached hydrogens (primary N) is 1. The number of hydrogen-bond donors (Lipinski definition) is 2. The van der Waals surface area contributed by atoms with Crippen LogP contribution in [0.25, 0.3) is 33.2 Å². The molecule has 1 unspecified atom stereocenters. The third-order valence-electron chi connectivity index (χ3n) is 6.30. The Kier molecular flexibility index (Phi) is 6.34. The van der Waals surface area contributed by atoms with Gasteiger partial charge in [-0.2, -0.15) is 5.10 Å². The first-order valence-corrected chi connectivity index (χ1v) is 11.9. The van der Waals surface area contributed by atoms with Gasteiger partial charge in [0.2, 0.25) is 5.91 Å². The third kappa shape index (κ3) is 4.75. The van der Waals surface area contributed by atoms with Crippen LogP contribution in [0.15, 0.2) is 91.3 Å². The Hall–Kier alpha value is -4.69. The summed E-state index contributed by atoms with van der Waals surface area (Å²) < 4.78 is 0. The lowest BCUT2D eigenvalue weighted by molar-refractivity contribution is -0.120. The van der Waals surface area contributed by atoms with Crippen molar-refractivity contribution in [3.8, 4) is 34.1 Å². The van der Waals surface area contributed by atoms with Crippen molar-refractivity contribution in [2.24, 2.45) is 11.7 Å². The van der Waals surface area contributed by atoms with Gasteiger partial charge in [-0.1, -0.05) is 68.3 Å². The monoisotopic (exact) mass is 470 g/mol. The molecule has 0 spiro atoms. The number of aromatic nitrogens is 3. The lowest BCUT2D eigenvalue weighted by atomic mass is 9.87. The highest BCUT2D eigenvalue weighted by Crippen LogP contribution is 2.29. The number of benzene rings is 3. The average molecular weight is 471 g/mol. The van der Waals surface area contributed by atoms with Gasteiger partial charge in [0.15, 0.2) is 0 Å². The van der Waals surface area contributed by atoms with E-state index in [4.69, 9.17) is 5.73 Å². The zero-order valence-corrected chi connectivity index (χ0v) is 20.2. The number of aromatic amines is 1. The molecule has 0 saturated carbocycles. The van der Waals surface area contributed by atoms with Crippen LogP contribution >= 0.6 is 0 Å². The molecule has 1 amide bonds. The standard InChI is InChI=1S/C31H26N4O/c1-20(2)30(31(32)36)26-16-25(18-33-19-26)24-13-15-29-27(17-24)28(34-35-29)14-10-21-8-11-23(12-9-21)22-6-4-3-5-7-22/h3-9,11-13,15-20,30H,1-2H3,(H2,32,36)(H,34,35). The van der Waals surface area contributed by atoms with Crippen molar-refractivity contribution in [1.29, 1.82) is 0 Å². The molecule has 5 heteroatoms. The summed E-state index contributed by atoms with van der Waals surface area (Å²) in [6.07, 6.45) is 3.51. The highest BCUT2D eigenvalue weighted by Gasteiger charge is 2.22. The van der Waals surface area contributed by atoms with E-state index in [0.717, 1.165) is 44.4 Å². The van der Waals surface area contributed by atoms with Gasteiger partial charge in [-0.3, -0.25) is 14.9 Å². The number of nitrogens with one attached hydrogen (secondary N) is 1. The van der Waals surface area contributed by atoms with E-state index in [0.29, 0.717) is 0 Å². The first-order chi connectivity index (χ1) is 17.5. The van der Waals surface area contributed by atoms with E-state index in [1.807, 2.05) is 62.4 Å². The Morgan fingerprint density at radius 1 is 0.833 bits per heavy atom. The summed E-state index contributed by atoms with van der Waals surface area (Å²) in [5.74, 6) is 5.83. The summed E-state index contributed by atoms with van der Waals surface area (Å²) >= 11 is 0. The Balaban J connectivity index is 1.45. The third-order valence-corrected chi connectivity index (χ3v) is 6.30. The van der Waals surface area contributed by atoms with E-state index < -0.39 is 0 Å². The minimum absolute atomic E-state index is 0.0829. The maximum absolute atomic E-state index is 12.0. The number of fused-ring (bicyclic) bond motifs is 1. The van der Waals surface area contributed by atoms with Gasteiger partial charge in [0.05, 0.1) is 11.4 Å². The Morgan fingerprint density at radius 2 is 1.56 bits per heavy atom. The van der Waals surface area contributed by atoms with Crippen LogP contribution in [0.4, 0.5) is 0 Å². The van der Waals surface area contributed by atoms with Gasteiger partial charge in [0.25, 0.3) is 0 Å². The molecule has 0 radical (unpaired) electrons. The lowest BCUT2D eigenvalue weighted by Gasteiger charge is -2.18. The van der Waals surface area contributed by atoms with Crippen LogP contribution in [-0.2, 0) is 4.79 Å². The second-order valence-electron chi connectivity index (χ2n) is 9.15. The van der Waals surface area contributed by atoms with Gasteiger partial charge in [-0.05, 0) is 64.4 Å². The van der Waals surface area contributed by atoms with E-state index in [2.05, 4.69) is 57.4 Å². The van der Waals surface area contributed by atoms with Crippen LogP contribution < -0.4 is 5.73 Å². The predicted molar refractivity (Wildman–Crippen MR) is 144 cm³/mol. The highest BCUT2D eigenvalue weighted by molar-refractivity contribution is 5.89. The molecule has 5 aromatic rings. The van der Waals surface area contributed by atoms with Crippen LogP contribution in [0.5, 0.6) is 0 Å². The minimum Gasteiger partial charge on any atom is -0.369 e. The van der Waals surface area contributed by atoms with Gasteiger partial charge in [0, 0.05) is 28.9 Å². The van der Waals surface area contributed by atoms with Gasteiger partial charge in [-0.25, -0.2) is 0 Å². The fourth-order valence-corrected chi connectivity index (χ4v) is 4.46. The molecule has 1 atom stereocenters. The summed E-state index contributed by atoms with van der Waals surface area (Å²) in [6, 6.07) is 26.5. The number of primary amides is 1. The molecule has 0 saturated heterocycles. The van der Waals surface area contributed by atoms with Gasteiger partial charge < -0.3 is 5.73 Å². The number of carbonyl (C=O) groups excluding carboxylic acids is 1. The summed E-state index contributed by atoms with van der Waals surface area (Å²) in [5.41, 5.74) is 13.2. The second-order valence-corrected chi connectivity index (χ2v) is 9.15. The average Bonchev–Trinajstić information content (AvgIpc) is 3.30. The molecule has 5 rings (SSSR count). The molecule has 3 aromatic carbocycles. The van der Waals surface area contributed by atoms with Gasteiger partial charge in [0.1, 0.15) is 5.69 Å². The summed E-state index contributed by atoms with van der Waals surface area (Å²) in [7, 11) is 0. The fraction of sp³-hybridized carbons (Fsp3) is 0.129. The number of pyridine rings is 1. The normalized spacial score (nSPS) is 11.8. The fourth-order valence-electron chi connectivity index (χ4n) is 4.46. The van der Waals surface area contributed by atoms with E-state index >= 15 is 0 Å². The smallest absolute Gasteiger partial charge is 0.225 e. The molecular weight excluding hydrogens is 444 g/mol. The molecule has 0 aliphatic rings. The molecule has 176 valence electrons. The van der Waals surface area contributed by atoms with Crippen molar-refractivity contribution in [3.05, 3.63) is 108 Å². The largest absolute Gasteiger partial charge is 0.369 e. The van der Waals surface area contributed by atoms with Gasteiger partial charge >= 0.3 is 0 Å². The molecule has 0 fully saturated rings. The molecule has 5 nitrogen and oxygen atoms in total. The van der Waals surface area contributed by atoms with Crippen LogP contribution in [0, 0.1) is 17.8 Å². The first kappa shape index (κ1) is 23.1. The predicted octanol–water partition coefficient (Wildman–Crippen LogP) is 5.92. The zero-order valence-electron chi connectivity index (χ0n) is 20.2. The quantitative estimate of drug-likeness (QED) is 0.313. The molecule has 3 N–H and O–H groups in total. The Labute approximate surface area is 210 Å². The maximum Gasteiger partial charge on any atom is 0.225 e. The molecular formula is C31H26N4O. The maximum atomic E-state index is 12.0. The van der Waals surface area contributed by atoms with E-state index in [1.165, 1.54) is 5.56 Å². The van der Waals surface area contributed by atoms with Crippen molar-refractivity contribution < 1.29 is 4.79 Å². The van der Waals surface area contributed by atoms with Crippen LogP contribution in [0.2, 0.25) is 0 Å². The summed E-state index contributed by atoms with van der Waals surface area (Å²) in [4.78, 5) is 16.4. The topological polar surface area (TPSA) is 84.7 Å². The lowest BCUT2D eigenvalue weighted by Crippen LogP contribution is -2.25. The second kappa shape index (κ2) is 9.89. The van der Waals surface area contributed by atoms with Crippen molar-refractivity contribution in [2.75, 3.05) is 0 Å². The number of nitrogens with zero attached hydrogens (tertiary/aromatic N) is 2. The zero-order chi connectivity index (χ0) is 25.1. The van der Waals surface area contributed by atoms with Crippen LogP contribution in [0.3, 0.4) is 0 Å². The SMILES string of the molecule is CC(C)C(C(N)=O)c1cncc(-c2ccc3n[nH]c(C#Cc4ccc(-c5ccccc5)cc4)c3c2)c1. The van der Waals surface area contributed by atoms with E-state index in [1.54, 1.807) is 12.4 Å². The summed E-state index contributed by atoms with van der Waals surface area (Å²) in [5, 5.41) is 8.40. The molecule has 0 bridgehead atoms. The van der Waals surface area contributed by atoms with E-state index in [-0.39, 0.29) is 17.7 Å². The number of amides is 1. The van der Waals surface area contributed by atoms with Crippen molar-refractivity contribution in [2.45, 2.75) is 19.8 Å². The van der Waals surface area contributed by atoms with E-state index in [9.17, 15) is 4.79 Å². The van der Waals surface area contributed by atoms with Crippen molar-refractivity contribution in [3.63, 3.8) is 0 Å². The van der Waals surface area contributed by atoms with Crippen molar-refractivity contribution >= 4 is 16.8 Å². The summed E-state index contributed by atoms with van der Waals surface area (Å²) in [6.45, 7) is 3.97. The molecule has 0 aliphatic heterocycles. The van der Waals surface area contributed by atoms with Crippen LogP contribution in [-0.4, -0.2) is 21.1 Å². The van der Waals surface area contributed by atoms with Crippen LogP contribution in [0.1, 0.15) is 36.6 Å². The number of H-pyrrole nitrogens is 1. The molecule has 2 heterocycles. The first-order valence-electron chi connectivity index (χ1n) is 11.9. The molecule has 36 heavy (non-hydrogen) atoms. The highest BCUT2D eigenvalue weighted by atomic mass is 16.1. The minimum atomic E-state index is -0.384. The molecule has 2 aromatic heterocycles. The Morgan fingerprint density at radius 3 is 2.28 bits per heavy atom.